The highest BCUT2D eigenvalue weighted by Crippen LogP contribution is 2.47. The van der Waals surface area contributed by atoms with Gasteiger partial charge in [-0.25, -0.2) is 0 Å². The third kappa shape index (κ3) is 3.63. The average Bonchev–Trinajstić information content (AvgIpc) is 3.03. The molecule has 0 radical (unpaired) electrons. The van der Waals surface area contributed by atoms with Crippen molar-refractivity contribution in [1.29, 1.82) is 0 Å². The van der Waals surface area contributed by atoms with Crippen LogP contribution >= 0.6 is 24.2 Å². The molecule has 1 aromatic carbocycles. The average molecular weight is 372 g/mol. The number of halogens is 1. The molecule has 3 rings (SSSR count). The molecule has 132 valence electrons. The van der Waals surface area contributed by atoms with Gasteiger partial charge in [0.25, 0.3) is 0 Å². The Kier molecular flexibility index (Phi) is 6.01. The van der Waals surface area contributed by atoms with Crippen molar-refractivity contribution in [2.45, 2.75) is 30.7 Å². The molecule has 2 aliphatic rings. The number of nitrogens with two attached hydrogens (primary N) is 1. The van der Waals surface area contributed by atoms with E-state index >= 15 is 0 Å². The van der Waals surface area contributed by atoms with Crippen molar-refractivity contribution in [3.8, 4) is 5.75 Å². The topological polar surface area (TPSA) is 84.7 Å². The lowest BCUT2D eigenvalue weighted by molar-refractivity contribution is -0.135. The molecule has 2 aliphatic heterocycles. The number of nitrogens with one attached hydrogen (secondary N) is 1. The fraction of sp³-hybridized carbons (Fsp3) is 0.500. The van der Waals surface area contributed by atoms with Crippen molar-refractivity contribution >= 4 is 41.7 Å². The quantitative estimate of drug-likeness (QED) is 0.825. The Morgan fingerprint density at radius 2 is 2.17 bits per heavy atom. The maximum atomic E-state index is 12.5. The molecule has 2 atom stereocenters. The van der Waals surface area contributed by atoms with E-state index in [-0.39, 0.29) is 29.1 Å². The van der Waals surface area contributed by atoms with Crippen molar-refractivity contribution in [1.82, 2.24) is 4.90 Å². The van der Waals surface area contributed by atoms with Gasteiger partial charge < -0.3 is 20.7 Å². The van der Waals surface area contributed by atoms with Gasteiger partial charge in [0.2, 0.25) is 11.8 Å². The van der Waals surface area contributed by atoms with E-state index in [0.717, 1.165) is 6.42 Å². The predicted molar refractivity (Wildman–Crippen MR) is 97.6 cm³/mol. The molecule has 6 nitrogen and oxygen atoms in total. The first-order valence-corrected chi connectivity index (χ1v) is 8.72. The number of fused-ring (bicyclic) bond motifs is 1. The first kappa shape index (κ1) is 18.9. The summed E-state index contributed by atoms with van der Waals surface area (Å²) in [5.74, 6) is 1.30. The molecule has 2 heterocycles. The number of amides is 2. The Balaban J connectivity index is 0.00000208. The minimum atomic E-state index is -0.395. The number of carbonyl (C=O) groups excluding carboxylic acids is 2. The summed E-state index contributed by atoms with van der Waals surface area (Å²) in [5.41, 5.74) is 6.08. The summed E-state index contributed by atoms with van der Waals surface area (Å²) in [6.07, 6.45) is 1.34. The summed E-state index contributed by atoms with van der Waals surface area (Å²) in [6, 6.07) is 6.76. The van der Waals surface area contributed by atoms with E-state index in [1.807, 2.05) is 6.92 Å². The summed E-state index contributed by atoms with van der Waals surface area (Å²) >= 11 is 1.69. The Hall–Kier alpha value is -1.44. The summed E-state index contributed by atoms with van der Waals surface area (Å²) in [6.45, 7) is 2.96. The molecule has 2 saturated heterocycles. The maximum Gasteiger partial charge on any atom is 0.248 e. The zero-order chi connectivity index (χ0) is 16.4. The van der Waals surface area contributed by atoms with Crippen LogP contribution in [-0.4, -0.2) is 46.5 Å². The number of benzene rings is 1. The van der Waals surface area contributed by atoms with Crippen LogP contribution in [0.3, 0.4) is 0 Å². The van der Waals surface area contributed by atoms with Crippen molar-refractivity contribution in [2.24, 2.45) is 5.73 Å². The number of nitrogens with zero attached hydrogens (tertiary/aromatic N) is 1. The largest absolute Gasteiger partial charge is 0.492 e. The molecule has 0 spiro atoms. The number of anilines is 1. The van der Waals surface area contributed by atoms with Gasteiger partial charge in [-0.05, 0) is 37.6 Å². The lowest BCUT2D eigenvalue weighted by Crippen LogP contribution is -2.48. The van der Waals surface area contributed by atoms with Gasteiger partial charge in [0.1, 0.15) is 18.4 Å². The Bertz CT molecular complexity index is 613. The summed E-state index contributed by atoms with van der Waals surface area (Å²) in [5, 5.41) is 2.89. The summed E-state index contributed by atoms with van der Waals surface area (Å²) < 4.78 is 5.41. The molecule has 3 N–H and O–H groups in total. The smallest absolute Gasteiger partial charge is 0.248 e. The van der Waals surface area contributed by atoms with Crippen molar-refractivity contribution in [3.63, 3.8) is 0 Å². The van der Waals surface area contributed by atoms with E-state index < -0.39 is 6.04 Å². The second-order valence-electron chi connectivity index (χ2n) is 5.92. The van der Waals surface area contributed by atoms with Gasteiger partial charge in [-0.3, -0.25) is 9.59 Å². The van der Waals surface area contributed by atoms with Gasteiger partial charge in [-0.1, -0.05) is 0 Å². The van der Waals surface area contributed by atoms with E-state index in [2.05, 4.69) is 5.32 Å². The van der Waals surface area contributed by atoms with Crippen LogP contribution in [-0.2, 0) is 9.59 Å². The molecule has 24 heavy (non-hydrogen) atoms. The Labute approximate surface area is 151 Å². The summed E-state index contributed by atoms with van der Waals surface area (Å²) in [7, 11) is 0. The number of carbonyl (C=O) groups is 2. The lowest BCUT2D eigenvalue weighted by atomic mass is 10.2. The van der Waals surface area contributed by atoms with Gasteiger partial charge in [0, 0.05) is 24.4 Å². The Morgan fingerprint density at radius 3 is 2.83 bits per heavy atom. The van der Waals surface area contributed by atoms with Crippen LogP contribution in [0.4, 0.5) is 5.69 Å². The van der Waals surface area contributed by atoms with E-state index in [4.69, 9.17) is 10.5 Å². The van der Waals surface area contributed by atoms with Gasteiger partial charge in [-0.2, -0.15) is 0 Å². The SMILES string of the molecule is CC12CCC(=O)N1C(C(=O)Nc1ccc(OCCN)cc1)CS2.Cl. The molecule has 0 bridgehead atoms. The number of rotatable bonds is 5. The zero-order valence-corrected chi connectivity index (χ0v) is 15.1. The highest BCUT2D eigenvalue weighted by atomic mass is 35.5. The zero-order valence-electron chi connectivity index (χ0n) is 13.5. The molecule has 8 heteroatoms. The normalized spacial score (nSPS) is 25.2. The minimum Gasteiger partial charge on any atom is -0.492 e. The fourth-order valence-corrected chi connectivity index (χ4v) is 4.48. The third-order valence-corrected chi connectivity index (χ3v) is 5.76. The standard InChI is InChI=1S/C16H21N3O3S.ClH/c1-16-7-6-14(20)19(16)13(10-23-16)15(21)18-11-2-4-12(5-3-11)22-9-8-17;/h2-5,13H,6-10,17H2,1H3,(H,18,21);1H. The molecular weight excluding hydrogens is 350 g/mol. The van der Waals surface area contributed by atoms with Gasteiger partial charge in [-0.15, -0.1) is 24.2 Å². The van der Waals surface area contributed by atoms with Gasteiger partial charge >= 0.3 is 0 Å². The molecule has 2 amide bonds. The Morgan fingerprint density at radius 1 is 1.46 bits per heavy atom. The monoisotopic (exact) mass is 371 g/mol. The lowest BCUT2D eigenvalue weighted by Gasteiger charge is -2.29. The number of hydrogen-bond donors (Lipinski definition) is 2. The molecule has 2 fully saturated rings. The van der Waals surface area contributed by atoms with Crippen molar-refractivity contribution < 1.29 is 14.3 Å². The van der Waals surface area contributed by atoms with Crippen LogP contribution in [0.2, 0.25) is 0 Å². The van der Waals surface area contributed by atoms with Gasteiger partial charge in [0.15, 0.2) is 0 Å². The molecule has 0 saturated carbocycles. The van der Waals surface area contributed by atoms with Gasteiger partial charge in [0.05, 0.1) is 4.87 Å². The second-order valence-corrected chi connectivity index (χ2v) is 7.42. The predicted octanol–water partition coefficient (Wildman–Crippen LogP) is 1.84. The van der Waals surface area contributed by atoms with Crippen molar-refractivity contribution in [2.75, 3.05) is 24.2 Å². The van der Waals surface area contributed by atoms with Crippen molar-refractivity contribution in [3.05, 3.63) is 24.3 Å². The number of thioether (sulfide) groups is 1. The van der Waals surface area contributed by atoms with E-state index in [1.165, 1.54) is 0 Å². The maximum absolute atomic E-state index is 12.5. The minimum absolute atomic E-state index is 0. The van der Waals surface area contributed by atoms with Crippen LogP contribution in [0.25, 0.3) is 0 Å². The fourth-order valence-electron chi connectivity index (χ4n) is 3.05. The molecule has 0 aliphatic carbocycles. The van der Waals surface area contributed by atoms with Crippen LogP contribution in [0.1, 0.15) is 19.8 Å². The van der Waals surface area contributed by atoms with E-state index in [9.17, 15) is 9.59 Å². The van der Waals surface area contributed by atoms with E-state index in [1.54, 1.807) is 40.9 Å². The van der Waals surface area contributed by atoms with Crippen LogP contribution < -0.4 is 15.8 Å². The van der Waals surface area contributed by atoms with E-state index in [0.29, 0.717) is 36.8 Å². The third-order valence-electron chi connectivity index (χ3n) is 4.26. The number of hydrogen-bond acceptors (Lipinski definition) is 5. The molecular formula is C16H22ClN3O3S. The van der Waals surface area contributed by atoms with Crippen LogP contribution in [0.5, 0.6) is 5.75 Å². The first-order valence-electron chi connectivity index (χ1n) is 7.73. The second kappa shape index (κ2) is 7.63. The highest BCUT2D eigenvalue weighted by Gasteiger charge is 2.52. The van der Waals surface area contributed by atoms with Crippen LogP contribution in [0.15, 0.2) is 24.3 Å². The number of ether oxygens (including phenoxy) is 1. The molecule has 1 aromatic rings. The summed E-state index contributed by atoms with van der Waals surface area (Å²) in [4.78, 5) is 26.1. The highest BCUT2D eigenvalue weighted by molar-refractivity contribution is 8.01. The first-order chi connectivity index (χ1) is 11.0. The molecule has 0 aromatic heterocycles. The van der Waals surface area contributed by atoms with Crippen LogP contribution in [0, 0.1) is 0 Å². The molecule has 2 unspecified atom stereocenters.